The summed E-state index contributed by atoms with van der Waals surface area (Å²) in [5.74, 6) is 0.388. The van der Waals surface area contributed by atoms with Crippen molar-refractivity contribution in [3.63, 3.8) is 0 Å². The maximum atomic E-state index is 4.04. The number of nitrogens with one attached hydrogen (secondary N) is 1. The lowest BCUT2D eigenvalue weighted by atomic mass is 9.94. The van der Waals surface area contributed by atoms with Crippen molar-refractivity contribution in [3.8, 4) is 0 Å². The van der Waals surface area contributed by atoms with Crippen molar-refractivity contribution in [2.45, 2.75) is 19.8 Å². The zero-order valence-corrected chi connectivity index (χ0v) is 9.71. The summed E-state index contributed by atoms with van der Waals surface area (Å²) in [6.07, 6.45) is 3.61. The van der Waals surface area contributed by atoms with Gasteiger partial charge in [-0.1, -0.05) is 31.2 Å². The van der Waals surface area contributed by atoms with E-state index in [2.05, 4.69) is 48.1 Å². The van der Waals surface area contributed by atoms with Crippen LogP contribution in [0.25, 0.3) is 0 Å². The second kappa shape index (κ2) is 4.99. The molecule has 2 aromatic rings. The summed E-state index contributed by atoms with van der Waals surface area (Å²) in [5.41, 5.74) is 3.85. The van der Waals surface area contributed by atoms with Crippen molar-refractivity contribution in [3.05, 3.63) is 53.6 Å². The van der Waals surface area contributed by atoms with E-state index in [-0.39, 0.29) is 12.4 Å². The largest absolute Gasteiger partial charge is 0.348 e. The van der Waals surface area contributed by atoms with Crippen molar-refractivity contribution in [2.75, 3.05) is 0 Å². The lowest BCUT2D eigenvalue weighted by Gasteiger charge is -2.12. The van der Waals surface area contributed by atoms with Crippen LogP contribution in [-0.4, -0.2) is 9.97 Å². The number of hydrogen-bond acceptors (Lipinski definition) is 1. The van der Waals surface area contributed by atoms with E-state index >= 15 is 0 Å². The Bertz CT molecular complexity index is 409. The molecule has 0 spiro atoms. The van der Waals surface area contributed by atoms with Gasteiger partial charge in [-0.2, -0.15) is 0 Å². The Kier molecular flexibility index (Phi) is 3.92. The molecule has 0 aliphatic carbocycles. The van der Waals surface area contributed by atoms with E-state index < -0.39 is 0 Å². The van der Waals surface area contributed by atoms with Crippen molar-refractivity contribution in [1.82, 2.24) is 9.97 Å². The Morgan fingerprint density at radius 2 is 2.00 bits per heavy atom. The first-order valence-corrected chi connectivity index (χ1v) is 4.83. The highest BCUT2D eigenvalue weighted by molar-refractivity contribution is 5.85. The van der Waals surface area contributed by atoms with Gasteiger partial charge in [-0.15, -0.1) is 12.4 Å². The monoisotopic (exact) mass is 222 g/mol. The molecule has 0 radical (unpaired) electrons. The number of imidazole rings is 1. The highest BCUT2D eigenvalue weighted by atomic mass is 35.5. The predicted molar refractivity (Wildman–Crippen MR) is 64.5 cm³/mol. The van der Waals surface area contributed by atoms with E-state index in [4.69, 9.17) is 0 Å². The van der Waals surface area contributed by atoms with Crippen LogP contribution in [0.4, 0.5) is 0 Å². The number of halogens is 1. The molecule has 1 atom stereocenters. The molecule has 0 aliphatic heterocycles. The fourth-order valence-electron chi connectivity index (χ4n) is 1.74. The lowest BCUT2D eigenvalue weighted by molar-refractivity contribution is 0.873. The number of aryl methyl sites for hydroxylation is 1. The SMILES string of the molecule is Cc1ccccc1C(C)c1cnc[nH]1.Cl. The van der Waals surface area contributed by atoms with Crippen molar-refractivity contribution >= 4 is 12.4 Å². The summed E-state index contributed by atoms with van der Waals surface area (Å²) in [5, 5.41) is 0. The van der Waals surface area contributed by atoms with Gasteiger partial charge in [0.15, 0.2) is 0 Å². The van der Waals surface area contributed by atoms with E-state index in [1.807, 2.05) is 6.20 Å². The highest BCUT2D eigenvalue weighted by Crippen LogP contribution is 2.24. The van der Waals surface area contributed by atoms with Crippen LogP contribution in [0.1, 0.15) is 29.7 Å². The molecule has 0 saturated carbocycles. The fraction of sp³-hybridized carbons (Fsp3) is 0.250. The second-order valence-electron chi connectivity index (χ2n) is 3.59. The zero-order chi connectivity index (χ0) is 9.97. The maximum absolute atomic E-state index is 4.04. The normalized spacial score (nSPS) is 11.9. The molecule has 0 amide bonds. The molecular weight excluding hydrogens is 208 g/mol. The smallest absolute Gasteiger partial charge is 0.0921 e. The van der Waals surface area contributed by atoms with Gasteiger partial charge in [0.1, 0.15) is 0 Å². The summed E-state index contributed by atoms with van der Waals surface area (Å²) in [6, 6.07) is 8.46. The third-order valence-electron chi connectivity index (χ3n) is 2.64. The summed E-state index contributed by atoms with van der Waals surface area (Å²) in [6.45, 7) is 4.33. The Hall–Kier alpha value is -1.28. The van der Waals surface area contributed by atoms with Crippen molar-refractivity contribution in [1.29, 1.82) is 0 Å². The van der Waals surface area contributed by atoms with Crippen molar-refractivity contribution < 1.29 is 0 Å². The summed E-state index contributed by atoms with van der Waals surface area (Å²) in [4.78, 5) is 7.19. The van der Waals surface area contributed by atoms with Crippen LogP contribution in [0.5, 0.6) is 0 Å². The number of aromatic nitrogens is 2. The van der Waals surface area contributed by atoms with Crippen LogP contribution in [0.2, 0.25) is 0 Å². The number of hydrogen-bond donors (Lipinski definition) is 1. The average Bonchev–Trinajstić information content (AvgIpc) is 2.70. The number of benzene rings is 1. The first kappa shape index (κ1) is 11.8. The van der Waals surface area contributed by atoms with Crippen LogP contribution in [0.15, 0.2) is 36.8 Å². The summed E-state index contributed by atoms with van der Waals surface area (Å²) in [7, 11) is 0. The van der Waals surface area contributed by atoms with Gasteiger partial charge in [0.05, 0.1) is 6.33 Å². The molecular formula is C12H15ClN2. The Labute approximate surface area is 96.2 Å². The van der Waals surface area contributed by atoms with Gasteiger partial charge in [0.25, 0.3) is 0 Å². The van der Waals surface area contributed by atoms with Gasteiger partial charge in [-0.25, -0.2) is 4.98 Å². The average molecular weight is 223 g/mol. The molecule has 0 bridgehead atoms. The number of rotatable bonds is 2. The van der Waals surface area contributed by atoms with Crippen LogP contribution in [0, 0.1) is 6.92 Å². The van der Waals surface area contributed by atoms with E-state index in [0.717, 1.165) is 0 Å². The third-order valence-corrected chi connectivity index (χ3v) is 2.64. The van der Waals surface area contributed by atoms with Crippen molar-refractivity contribution in [2.24, 2.45) is 0 Å². The van der Waals surface area contributed by atoms with Gasteiger partial charge in [0, 0.05) is 17.8 Å². The minimum absolute atomic E-state index is 0. The minimum Gasteiger partial charge on any atom is -0.348 e. The van der Waals surface area contributed by atoms with E-state index in [1.165, 1.54) is 16.8 Å². The summed E-state index contributed by atoms with van der Waals surface area (Å²) >= 11 is 0. The molecule has 1 aromatic carbocycles. The van der Waals surface area contributed by atoms with Gasteiger partial charge < -0.3 is 4.98 Å². The zero-order valence-electron chi connectivity index (χ0n) is 8.90. The molecule has 80 valence electrons. The molecule has 0 saturated heterocycles. The Morgan fingerprint density at radius 3 is 2.60 bits per heavy atom. The molecule has 1 N–H and O–H groups in total. The Morgan fingerprint density at radius 1 is 1.27 bits per heavy atom. The second-order valence-corrected chi connectivity index (χ2v) is 3.59. The molecule has 2 rings (SSSR count). The number of aromatic amines is 1. The standard InChI is InChI=1S/C12H14N2.ClH/c1-9-5-3-4-6-11(9)10(2)12-7-13-8-14-12;/h3-8,10H,1-2H3,(H,13,14);1H. The summed E-state index contributed by atoms with van der Waals surface area (Å²) < 4.78 is 0. The first-order chi connectivity index (χ1) is 6.79. The van der Waals surface area contributed by atoms with Gasteiger partial charge in [-0.05, 0) is 18.1 Å². The number of H-pyrrole nitrogens is 1. The van der Waals surface area contributed by atoms with Crippen LogP contribution >= 0.6 is 12.4 Å². The Balaban J connectivity index is 0.00000112. The highest BCUT2D eigenvalue weighted by Gasteiger charge is 2.10. The quantitative estimate of drug-likeness (QED) is 0.830. The minimum atomic E-state index is 0. The molecule has 0 aliphatic rings. The number of nitrogens with zero attached hydrogens (tertiary/aromatic N) is 1. The van der Waals surface area contributed by atoms with E-state index in [1.54, 1.807) is 6.33 Å². The molecule has 0 fully saturated rings. The van der Waals surface area contributed by atoms with Crippen LogP contribution < -0.4 is 0 Å². The van der Waals surface area contributed by atoms with Gasteiger partial charge in [-0.3, -0.25) is 0 Å². The molecule has 2 nitrogen and oxygen atoms in total. The first-order valence-electron chi connectivity index (χ1n) is 4.83. The molecule has 1 unspecified atom stereocenters. The topological polar surface area (TPSA) is 28.7 Å². The predicted octanol–water partition coefficient (Wildman–Crippen LogP) is 3.29. The van der Waals surface area contributed by atoms with Crippen LogP contribution in [-0.2, 0) is 0 Å². The van der Waals surface area contributed by atoms with E-state index in [9.17, 15) is 0 Å². The van der Waals surface area contributed by atoms with Gasteiger partial charge in [0.2, 0.25) is 0 Å². The lowest BCUT2D eigenvalue weighted by Crippen LogP contribution is -1.98. The fourth-order valence-corrected chi connectivity index (χ4v) is 1.74. The molecule has 3 heteroatoms. The van der Waals surface area contributed by atoms with E-state index in [0.29, 0.717) is 5.92 Å². The molecule has 15 heavy (non-hydrogen) atoms. The third kappa shape index (κ3) is 2.39. The van der Waals surface area contributed by atoms with Gasteiger partial charge >= 0.3 is 0 Å². The maximum Gasteiger partial charge on any atom is 0.0921 e. The molecule has 1 heterocycles. The van der Waals surface area contributed by atoms with Crippen LogP contribution in [0.3, 0.4) is 0 Å². The molecule has 1 aromatic heterocycles.